The minimum absolute atomic E-state index is 0.258. The Morgan fingerprint density at radius 2 is 1.94 bits per heavy atom. The van der Waals surface area contributed by atoms with Crippen LogP contribution in [-0.2, 0) is 9.53 Å². The van der Waals surface area contributed by atoms with Crippen LogP contribution in [0.15, 0.2) is 0 Å². The molecule has 4 heteroatoms. The van der Waals surface area contributed by atoms with Gasteiger partial charge in [-0.3, -0.25) is 9.69 Å². The number of ether oxygens (including phenoxy) is 1. The van der Waals surface area contributed by atoms with Crippen molar-refractivity contribution in [2.45, 2.75) is 25.7 Å². The van der Waals surface area contributed by atoms with Gasteiger partial charge in [0.25, 0.3) is 0 Å². The van der Waals surface area contributed by atoms with E-state index in [9.17, 15) is 4.79 Å². The fraction of sp³-hybridized carbons (Fsp3) is 0.923. The third kappa shape index (κ3) is 3.96. The first-order chi connectivity index (χ1) is 8.25. The zero-order valence-electron chi connectivity index (χ0n) is 10.9. The number of carbonyl (C=O) groups excluding carboxylic acids is 1. The number of morpholine rings is 1. The Morgan fingerprint density at radius 1 is 1.29 bits per heavy atom. The van der Waals surface area contributed by atoms with Crippen molar-refractivity contribution in [1.29, 1.82) is 0 Å². The molecule has 0 spiro atoms. The smallest absolute Gasteiger partial charge is 0.236 e. The van der Waals surface area contributed by atoms with E-state index >= 15 is 0 Å². The molecule has 1 aliphatic carbocycles. The Balaban J connectivity index is 1.69. The molecule has 0 N–H and O–H groups in total. The highest BCUT2D eigenvalue weighted by Gasteiger charge is 2.21. The van der Waals surface area contributed by atoms with Crippen LogP contribution in [0, 0.1) is 5.92 Å². The lowest BCUT2D eigenvalue weighted by Crippen LogP contribution is -2.45. The normalized spacial score (nSPS) is 22.4. The Labute approximate surface area is 104 Å². The highest BCUT2D eigenvalue weighted by Crippen LogP contribution is 2.25. The van der Waals surface area contributed by atoms with Crippen molar-refractivity contribution >= 4 is 5.91 Å². The Morgan fingerprint density at radius 3 is 2.59 bits per heavy atom. The van der Waals surface area contributed by atoms with E-state index in [1.165, 1.54) is 25.7 Å². The van der Waals surface area contributed by atoms with Crippen LogP contribution in [-0.4, -0.2) is 62.1 Å². The van der Waals surface area contributed by atoms with Crippen molar-refractivity contribution in [3.8, 4) is 0 Å². The van der Waals surface area contributed by atoms with Crippen LogP contribution in [0.1, 0.15) is 25.7 Å². The summed E-state index contributed by atoms with van der Waals surface area (Å²) < 4.78 is 5.25. The lowest BCUT2D eigenvalue weighted by Gasteiger charge is -2.29. The van der Waals surface area contributed by atoms with Gasteiger partial charge in [0.05, 0.1) is 19.8 Å². The van der Waals surface area contributed by atoms with Gasteiger partial charge in [0.15, 0.2) is 0 Å². The molecule has 0 aromatic carbocycles. The van der Waals surface area contributed by atoms with Crippen LogP contribution in [0.4, 0.5) is 0 Å². The van der Waals surface area contributed by atoms with Gasteiger partial charge < -0.3 is 9.64 Å². The second-order valence-corrected chi connectivity index (χ2v) is 5.34. The molecule has 1 saturated carbocycles. The lowest BCUT2D eigenvalue weighted by atomic mass is 10.1. The van der Waals surface area contributed by atoms with Gasteiger partial charge in [-0.15, -0.1) is 0 Å². The molecule has 1 heterocycles. The highest BCUT2D eigenvalue weighted by molar-refractivity contribution is 5.78. The van der Waals surface area contributed by atoms with Gasteiger partial charge in [0, 0.05) is 19.6 Å². The third-order valence-electron chi connectivity index (χ3n) is 3.81. The molecule has 2 rings (SSSR count). The van der Waals surface area contributed by atoms with E-state index in [0.29, 0.717) is 19.8 Å². The van der Waals surface area contributed by atoms with E-state index in [0.717, 1.165) is 25.6 Å². The first-order valence-electron chi connectivity index (χ1n) is 6.80. The van der Waals surface area contributed by atoms with E-state index in [-0.39, 0.29) is 5.91 Å². The van der Waals surface area contributed by atoms with Gasteiger partial charge in [-0.25, -0.2) is 0 Å². The van der Waals surface area contributed by atoms with Gasteiger partial charge in [-0.05, 0) is 25.8 Å². The Bertz CT molecular complexity index is 246. The van der Waals surface area contributed by atoms with E-state index in [1.807, 2.05) is 4.90 Å². The molecule has 2 fully saturated rings. The maximum absolute atomic E-state index is 12.0. The number of rotatable bonds is 4. The number of hydrogen-bond donors (Lipinski definition) is 0. The standard InChI is InChI=1S/C13H24N2O2/c1-14(10-12-4-2-3-5-12)11-13(16)15-6-8-17-9-7-15/h12H,2-11H2,1H3. The molecule has 0 aromatic heterocycles. The molecule has 98 valence electrons. The van der Waals surface area contributed by atoms with Gasteiger partial charge in [-0.1, -0.05) is 12.8 Å². The van der Waals surface area contributed by atoms with Crippen LogP contribution in [0.3, 0.4) is 0 Å². The number of nitrogens with zero attached hydrogens (tertiary/aromatic N) is 2. The molecule has 0 aromatic rings. The third-order valence-corrected chi connectivity index (χ3v) is 3.81. The lowest BCUT2D eigenvalue weighted by molar-refractivity contribution is -0.136. The van der Waals surface area contributed by atoms with Crippen LogP contribution < -0.4 is 0 Å². The van der Waals surface area contributed by atoms with E-state index < -0.39 is 0 Å². The summed E-state index contributed by atoms with van der Waals surface area (Å²) in [5.41, 5.74) is 0. The number of carbonyl (C=O) groups is 1. The quantitative estimate of drug-likeness (QED) is 0.734. The maximum atomic E-state index is 12.0. The molecule has 1 aliphatic heterocycles. The summed E-state index contributed by atoms with van der Waals surface area (Å²) >= 11 is 0. The number of amides is 1. The average molecular weight is 240 g/mol. The summed E-state index contributed by atoms with van der Waals surface area (Å²) in [7, 11) is 2.07. The minimum Gasteiger partial charge on any atom is -0.378 e. The Kier molecular flexibility index (Phi) is 4.80. The van der Waals surface area contributed by atoms with Crippen molar-refractivity contribution in [3.63, 3.8) is 0 Å². The van der Waals surface area contributed by atoms with Crippen molar-refractivity contribution in [2.24, 2.45) is 5.92 Å². The first-order valence-corrected chi connectivity index (χ1v) is 6.80. The molecule has 17 heavy (non-hydrogen) atoms. The van der Waals surface area contributed by atoms with Gasteiger partial charge in [0.2, 0.25) is 5.91 Å². The molecular weight excluding hydrogens is 216 g/mol. The number of likely N-dealkylation sites (N-methyl/N-ethyl adjacent to an activating group) is 1. The van der Waals surface area contributed by atoms with Gasteiger partial charge in [0.1, 0.15) is 0 Å². The Hall–Kier alpha value is -0.610. The second kappa shape index (κ2) is 6.36. The summed E-state index contributed by atoms with van der Waals surface area (Å²) in [6.45, 7) is 4.55. The summed E-state index contributed by atoms with van der Waals surface area (Å²) in [4.78, 5) is 16.1. The fourth-order valence-corrected chi connectivity index (χ4v) is 2.84. The molecule has 0 atom stereocenters. The van der Waals surface area contributed by atoms with Crippen molar-refractivity contribution in [1.82, 2.24) is 9.80 Å². The summed E-state index contributed by atoms with van der Waals surface area (Å²) in [5, 5.41) is 0. The molecule has 0 bridgehead atoms. The predicted molar refractivity (Wildman–Crippen MR) is 66.9 cm³/mol. The summed E-state index contributed by atoms with van der Waals surface area (Å²) in [6, 6.07) is 0. The zero-order chi connectivity index (χ0) is 12.1. The van der Waals surface area contributed by atoms with Crippen molar-refractivity contribution in [2.75, 3.05) is 46.4 Å². The van der Waals surface area contributed by atoms with Crippen molar-refractivity contribution < 1.29 is 9.53 Å². The predicted octanol–water partition coefficient (Wildman–Crippen LogP) is 0.967. The second-order valence-electron chi connectivity index (χ2n) is 5.34. The monoisotopic (exact) mass is 240 g/mol. The van der Waals surface area contributed by atoms with Gasteiger partial charge >= 0.3 is 0 Å². The SMILES string of the molecule is CN(CC(=O)N1CCOCC1)CC1CCCC1. The van der Waals surface area contributed by atoms with Crippen LogP contribution in [0.2, 0.25) is 0 Å². The summed E-state index contributed by atoms with van der Waals surface area (Å²) in [5.74, 6) is 1.08. The van der Waals surface area contributed by atoms with E-state index in [4.69, 9.17) is 4.74 Å². The molecule has 2 aliphatic rings. The van der Waals surface area contributed by atoms with Crippen LogP contribution in [0.25, 0.3) is 0 Å². The minimum atomic E-state index is 0.258. The molecular formula is C13H24N2O2. The van der Waals surface area contributed by atoms with Crippen LogP contribution in [0.5, 0.6) is 0 Å². The largest absolute Gasteiger partial charge is 0.378 e. The average Bonchev–Trinajstić information content (AvgIpc) is 2.82. The van der Waals surface area contributed by atoms with E-state index in [2.05, 4.69) is 11.9 Å². The molecule has 0 unspecified atom stereocenters. The first kappa shape index (κ1) is 12.8. The van der Waals surface area contributed by atoms with E-state index in [1.54, 1.807) is 0 Å². The topological polar surface area (TPSA) is 32.8 Å². The number of hydrogen-bond acceptors (Lipinski definition) is 3. The van der Waals surface area contributed by atoms with Gasteiger partial charge in [-0.2, -0.15) is 0 Å². The molecule has 1 amide bonds. The van der Waals surface area contributed by atoms with Crippen molar-refractivity contribution in [3.05, 3.63) is 0 Å². The maximum Gasteiger partial charge on any atom is 0.236 e. The highest BCUT2D eigenvalue weighted by atomic mass is 16.5. The van der Waals surface area contributed by atoms with Crippen LogP contribution >= 0.6 is 0 Å². The molecule has 4 nitrogen and oxygen atoms in total. The molecule has 0 radical (unpaired) electrons. The summed E-state index contributed by atoms with van der Waals surface area (Å²) in [6.07, 6.45) is 5.43. The fourth-order valence-electron chi connectivity index (χ4n) is 2.84. The molecule has 1 saturated heterocycles. The zero-order valence-corrected chi connectivity index (χ0v) is 10.9.